The van der Waals surface area contributed by atoms with Gasteiger partial charge in [-0.3, -0.25) is 14.5 Å². The van der Waals surface area contributed by atoms with E-state index in [2.05, 4.69) is 5.32 Å². The Bertz CT molecular complexity index is 843. The van der Waals surface area contributed by atoms with Gasteiger partial charge < -0.3 is 10.1 Å². The van der Waals surface area contributed by atoms with Crippen LogP contribution in [-0.2, 0) is 10.3 Å². The lowest BCUT2D eigenvalue weighted by molar-refractivity contribution is -0.130. The molecule has 1 aliphatic rings. The summed E-state index contributed by atoms with van der Waals surface area (Å²) in [4.78, 5) is 40.0. The first-order valence-corrected chi connectivity index (χ1v) is 8.55. The maximum Gasteiger partial charge on any atom is 0.325 e. The van der Waals surface area contributed by atoms with Crippen molar-refractivity contribution in [2.75, 3.05) is 13.7 Å². The molecule has 0 unspecified atom stereocenters. The normalized spacial score (nSPS) is 19.9. The van der Waals surface area contributed by atoms with Crippen molar-refractivity contribution in [2.45, 2.75) is 19.4 Å². The zero-order valence-electron chi connectivity index (χ0n) is 14.2. The number of carbonyl (C=O) groups is 3. The van der Waals surface area contributed by atoms with Gasteiger partial charge in [0, 0.05) is 4.88 Å². The second kappa shape index (κ2) is 6.33. The third kappa shape index (κ3) is 3.02. The molecule has 1 aliphatic heterocycles. The Morgan fingerprint density at radius 3 is 2.44 bits per heavy atom. The summed E-state index contributed by atoms with van der Waals surface area (Å²) in [6, 6.07) is 9.89. The highest BCUT2D eigenvalue weighted by Gasteiger charge is 2.49. The van der Waals surface area contributed by atoms with Crippen molar-refractivity contribution in [3.63, 3.8) is 0 Å². The summed E-state index contributed by atoms with van der Waals surface area (Å²) in [5.74, 6) is -0.0332. The molecule has 2 heterocycles. The molecule has 0 saturated carbocycles. The number of imide groups is 1. The molecule has 0 aliphatic carbocycles. The first-order valence-electron chi connectivity index (χ1n) is 7.73. The van der Waals surface area contributed by atoms with Crippen LogP contribution in [-0.4, -0.2) is 36.3 Å². The molecular weight excluding hydrogens is 340 g/mol. The predicted octanol–water partition coefficient (Wildman–Crippen LogP) is 2.72. The van der Waals surface area contributed by atoms with Gasteiger partial charge in [-0.05, 0) is 43.7 Å². The van der Waals surface area contributed by atoms with Crippen molar-refractivity contribution in [1.29, 1.82) is 0 Å². The number of ether oxygens (including phenoxy) is 1. The van der Waals surface area contributed by atoms with E-state index in [0.717, 1.165) is 9.78 Å². The Morgan fingerprint density at radius 1 is 1.20 bits per heavy atom. The van der Waals surface area contributed by atoms with Crippen LogP contribution in [0.4, 0.5) is 4.79 Å². The van der Waals surface area contributed by atoms with Gasteiger partial charge in [-0.2, -0.15) is 0 Å². The van der Waals surface area contributed by atoms with E-state index in [-0.39, 0.29) is 12.3 Å². The Labute approximate surface area is 149 Å². The van der Waals surface area contributed by atoms with Crippen LogP contribution in [0.25, 0.3) is 0 Å². The van der Waals surface area contributed by atoms with E-state index in [0.29, 0.717) is 16.2 Å². The number of aryl methyl sites for hydroxylation is 1. The number of urea groups is 1. The summed E-state index contributed by atoms with van der Waals surface area (Å²) in [6.45, 7) is 3.26. The number of carbonyl (C=O) groups excluding carboxylic acids is 3. The molecule has 130 valence electrons. The summed E-state index contributed by atoms with van der Waals surface area (Å²) < 4.78 is 5.11. The fourth-order valence-electron chi connectivity index (χ4n) is 2.77. The van der Waals surface area contributed by atoms with Gasteiger partial charge in [-0.15, -0.1) is 11.3 Å². The number of Topliss-reactive ketones (excluding diaryl/α,β-unsaturated/α-hetero) is 1. The molecule has 6 nitrogen and oxygen atoms in total. The summed E-state index contributed by atoms with van der Waals surface area (Å²) in [7, 11) is 1.55. The highest BCUT2D eigenvalue weighted by Crippen LogP contribution is 2.30. The second-order valence-electron chi connectivity index (χ2n) is 6.01. The second-order valence-corrected chi connectivity index (χ2v) is 7.30. The predicted molar refractivity (Wildman–Crippen MR) is 94.0 cm³/mol. The van der Waals surface area contributed by atoms with Crippen molar-refractivity contribution in [3.8, 4) is 5.75 Å². The fourth-order valence-corrected chi connectivity index (χ4v) is 3.56. The van der Waals surface area contributed by atoms with Gasteiger partial charge in [0.05, 0.1) is 18.5 Å². The molecule has 1 aromatic heterocycles. The number of benzene rings is 1. The minimum atomic E-state index is -1.20. The van der Waals surface area contributed by atoms with Crippen molar-refractivity contribution < 1.29 is 19.1 Å². The van der Waals surface area contributed by atoms with Crippen molar-refractivity contribution in [3.05, 3.63) is 51.7 Å². The average molecular weight is 358 g/mol. The van der Waals surface area contributed by atoms with E-state index in [9.17, 15) is 14.4 Å². The van der Waals surface area contributed by atoms with Crippen LogP contribution in [0.15, 0.2) is 36.4 Å². The van der Waals surface area contributed by atoms with Crippen LogP contribution in [0, 0.1) is 6.92 Å². The van der Waals surface area contributed by atoms with Crippen LogP contribution in [0.5, 0.6) is 5.75 Å². The molecule has 2 aromatic rings. The standard InChI is InChI=1S/C18H18N2O4S/c1-11-4-9-15(25-11)14(21)10-20-16(22)18(2,19-17(20)23)12-5-7-13(24-3)8-6-12/h4-9H,10H2,1-3H3,(H,19,23)/t18-/m0/s1. The lowest BCUT2D eigenvalue weighted by Gasteiger charge is -2.22. The quantitative estimate of drug-likeness (QED) is 0.659. The van der Waals surface area contributed by atoms with Crippen molar-refractivity contribution >= 4 is 29.1 Å². The number of methoxy groups -OCH3 is 1. The highest BCUT2D eigenvalue weighted by atomic mass is 32.1. The monoisotopic (exact) mass is 358 g/mol. The molecule has 1 aromatic carbocycles. The maximum atomic E-state index is 12.8. The Hall–Kier alpha value is -2.67. The maximum absolute atomic E-state index is 12.8. The topological polar surface area (TPSA) is 75.7 Å². The smallest absolute Gasteiger partial charge is 0.325 e. The summed E-state index contributed by atoms with van der Waals surface area (Å²) in [6.07, 6.45) is 0. The van der Waals surface area contributed by atoms with E-state index in [1.54, 1.807) is 44.4 Å². The van der Waals surface area contributed by atoms with E-state index in [4.69, 9.17) is 4.74 Å². The summed E-state index contributed by atoms with van der Waals surface area (Å²) >= 11 is 1.35. The molecule has 25 heavy (non-hydrogen) atoms. The van der Waals surface area contributed by atoms with Crippen LogP contribution in [0.1, 0.15) is 27.0 Å². The number of rotatable bonds is 5. The van der Waals surface area contributed by atoms with Gasteiger partial charge in [0.15, 0.2) is 5.78 Å². The lowest BCUT2D eigenvalue weighted by atomic mass is 9.92. The molecule has 1 N–H and O–H groups in total. The molecule has 0 bridgehead atoms. The number of nitrogens with one attached hydrogen (secondary N) is 1. The minimum Gasteiger partial charge on any atom is -0.497 e. The molecule has 0 radical (unpaired) electrons. The summed E-state index contributed by atoms with van der Waals surface area (Å²) in [5, 5.41) is 2.69. The molecule has 1 saturated heterocycles. The Kier molecular flexibility index (Phi) is 4.34. The van der Waals surface area contributed by atoms with Gasteiger partial charge in [0.1, 0.15) is 11.3 Å². The van der Waals surface area contributed by atoms with Gasteiger partial charge in [0.25, 0.3) is 5.91 Å². The molecular formula is C18H18N2O4S. The molecule has 7 heteroatoms. The largest absolute Gasteiger partial charge is 0.497 e. The molecule has 3 amide bonds. The lowest BCUT2D eigenvalue weighted by Crippen LogP contribution is -2.41. The number of hydrogen-bond donors (Lipinski definition) is 1. The van der Waals surface area contributed by atoms with Gasteiger partial charge in [-0.25, -0.2) is 4.79 Å². The van der Waals surface area contributed by atoms with E-state index < -0.39 is 17.5 Å². The summed E-state index contributed by atoms with van der Waals surface area (Å²) in [5.41, 5.74) is -0.566. The van der Waals surface area contributed by atoms with E-state index in [1.807, 2.05) is 13.0 Å². The fraction of sp³-hybridized carbons (Fsp3) is 0.278. The first-order chi connectivity index (χ1) is 11.8. The third-order valence-corrected chi connectivity index (χ3v) is 5.30. The zero-order valence-corrected chi connectivity index (χ0v) is 15.0. The number of hydrogen-bond acceptors (Lipinski definition) is 5. The molecule has 3 rings (SSSR count). The first kappa shape index (κ1) is 17.2. The molecule has 0 spiro atoms. The van der Waals surface area contributed by atoms with Crippen molar-refractivity contribution in [2.24, 2.45) is 0 Å². The zero-order chi connectivity index (χ0) is 18.2. The SMILES string of the molecule is COc1ccc([C@]2(C)NC(=O)N(CC(=O)c3ccc(C)s3)C2=O)cc1. The number of ketones is 1. The Balaban J connectivity index is 1.82. The molecule has 1 atom stereocenters. The number of amides is 3. The van der Waals surface area contributed by atoms with Gasteiger partial charge in [0.2, 0.25) is 0 Å². The van der Waals surface area contributed by atoms with E-state index in [1.165, 1.54) is 11.3 Å². The average Bonchev–Trinajstić information content (AvgIpc) is 3.13. The van der Waals surface area contributed by atoms with Crippen LogP contribution in [0.3, 0.4) is 0 Å². The number of thiophene rings is 1. The van der Waals surface area contributed by atoms with E-state index >= 15 is 0 Å². The third-order valence-electron chi connectivity index (χ3n) is 4.26. The number of nitrogens with zero attached hydrogens (tertiary/aromatic N) is 1. The highest BCUT2D eigenvalue weighted by molar-refractivity contribution is 7.14. The van der Waals surface area contributed by atoms with Gasteiger partial charge in [-0.1, -0.05) is 12.1 Å². The van der Waals surface area contributed by atoms with Gasteiger partial charge >= 0.3 is 6.03 Å². The van der Waals surface area contributed by atoms with Crippen molar-refractivity contribution in [1.82, 2.24) is 10.2 Å². The molecule has 1 fully saturated rings. The van der Waals surface area contributed by atoms with Crippen LogP contribution >= 0.6 is 11.3 Å². The Morgan fingerprint density at radius 2 is 1.88 bits per heavy atom. The van der Waals surface area contributed by atoms with Crippen LogP contribution < -0.4 is 10.1 Å². The van der Waals surface area contributed by atoms with Crippen LogP contribution in [0.2, 0.25) is 0 Å². The minimum absolute atomic E-state index is 0.249.